The molecular formula is C15H11Br2ClN2O4. The summed E-state index contributed by atoms with van der Waals surface area (Å²) in [6, 6.07) is 8.03. The van der Waals surface area contributed by atoms with E-state index in [2.05, 4.69) is 42.4 Å². The van der Waals surface area contributed by atoms with E-state index in [0.29, 0.717) is 20.8 Å². The topological polar surface area (TPSA) is 91.2 Å². The monoisotopic (exact) mass is 476 g/mol. The van der Waals surface area contributed by atoms with Gasteiger partial charge in [-0.05, 0) is 62.2 Å². The summed E-state index contributed by atoms with van der Waals surface area (Å²) < 4.78 is 5.75. The van der Waals surface area contributed by atoms with E-state index in [4.69, 9.17) is 16.3 Å². The number of rotatable bonds is 5. The van der Waals surface area contributed by atoms with Crippen LogP contribution < -0.4 is 10.2 Å². The van der Waals surface area contributed by atoms with Gasteiger partial charge < -0.3 is 14.9 Å². The highest BCUT2D eigenvalue weighted by atomic mass is 79.9. The lowest BCUT2D eigenvalue weighted by atomic mass is 10.2. The zero-order valence-corrected chi connectivity index (χ0v) is 15.9. The van der Waals surface area contributed by atoms with E-state index in [9.17, 15) is 15.0 Å². The predicted molar refractivity (Wildman–Crippen MR) is 97.9 cm³/mol. The second-order valence-electron chi connectivity index (χ2n) is 4.49. The van der Waals surface area contributed by atoms with Gasteiger partial charge in [0.25, 0.3) is 5.91 Å². The van der Waals surface area contributed by atoms with Crippen molar-refractivity contribution >= 4 is 55.6 Å². The number of phenolic OH excluding ortho intramolecular Hbond substituents is 2. The van der Waals surface area contributed by atoms with Crippen LogP contribution in [0, 0.1) is 0 Å². The van der Waals surface area contributed by atoms with Gasteiger partial charge in [0, 0.05) is 10.6 Å². The van der Waals surface area contributed by atoms with E-state index in [1.54, 1.807) is 24.3 Å². The van der Waals surface area contributed by atoms with Crippen LogP contribution in [0.3, 0.4) is 0 Å². The van der Waals surface area contributed by atoms with Crippen LogP contribution in [0.15, 0.2) is 44.4 Å². The van der Waals surface area contributed by atoms with E-state index in [0.717, 1.165) is 0 Å². The molecule has 0 radical (unpaired) electrons. The van der Waals surface area contributed by atoms with Crippen LogP contribution in [0.2, 0.25) is 5.02 Å². The van der Waals surface area contributed by atoms with Crippen molar-refractivity contribution in [3.8, 4) is 17.2 Å². The molecule has 3 N–H and O–H groups in total. The zero-order valence-electron chi connectivity index (χ0n) is 12.0. The number of phenols is 2. The number of carbonyl (C=O) groups is 1. The third-order valence-corrected chi connectivity index (χ3v) is 4.38. The third kappa shape index (κ3) is 4.86. The molecule has 2 aromatic rings. The van der Waals surface area contributed by atoms with Crippen molar-refractivity contribution < 1.29 is 19.7 Å². The number of carbonyl (C=O) groups excluding carboxylic acids is 1. The van der Waals surface area contributed by atoms with Crippen molar-refractivity contribution in [2.24, 2.45) is 5.10 Å². The summed E-state index contributed by atoms with van der Waals surface area (Å²) in [6.45, 7) is -0.228. The second kappa shape index (κ2) is 8.36. The Morgan fingerprint density at radius 3 is 2.58 bits per heavy atom. The molecule has 126 valence electrons. The quantitative estimate of drug-likeness (QED) is 0.450. The summed E-state index contributed by atoms with van der Waals surface area (Å²) in [5.74, 6) is -0.309. The molecule has 0 saturated heterocycles. The second-order valence-corrected chi connectivity index (χ2v) is 6.58. The van der Waals surface area contributed by atoms with Crippen molar-refractivity contribution in [3.05, 3.63) is 49.9 Å². The van der Waals surface area contributed by atoms with Crippen LogP contribution in [0.25, 0.3) is 0 Å². The molecule has 0 aromatic heterocycles. The largest absolute Gasteiger partial charge is 0.506 e. The van der Waals surface area contributed by atoms with Crippen LogP contribution in [0.5, 0.6) is 17.2 Å². The first kappa shape index (κ1) is 18.6. The minimum Gasteiger partial charge on any atom is -0.506 e. The molecule has 6 nitrogen and oxygen atoms in total. The van der Waals surface area contributed by atoms with Crippen LogP contribution >= 0.6 is 43.5 Å². The van der Waals surface area contributed by atoms with E-state index in [1.165, 1.54) is 12.3 Å². The lowest BCUT2D eigenvalue weighted by Gasteiger charge is -2.07. The SMILES string of the molecule is O=C(COc1ccc(Cl)cc1)NN=Cc1cc(Br)c(O)c(Br)c1O. The highest BCUT2D eigenvalue weighted by Gasteiger charge is 2.12. The molecule has 0 atom stereocenters. The van der Waals surface area contributed by atoms with Crippen molar-refractivity contribution in [1.82, 2.24) is 5.43 Å². The lowest BCUT2D eigenvalue weighted by Crippen LogP contribution is -2.24. The molecule has 0 spiro atoms. The number of benzene rings is 2. The minimum atomic E-state index is -0.474. The van der Waals surface area contributed by atoms with Gasteiger partial charge in [-0.3, -0.25) is 4.79 Å². The predicted octanol–water partition coefficient (Wildman–Crippen LogP) is 3.81. The lowest BCUT2D eigenvalue weighted by molar-refractivity contribution is -0.123. The van der Waals surface area contributed by atoms with Crippen molar-refractivity contribution in [2.75, 3.05) is 6.61 Å². The standard InChI is InChI=1S/C15H11Br2ClN2O4/c16-11-5-8(14(22)13(17)15(11)23)6-19-20-12(21)7-24-10-3-1-9(18)2-4-10/h1-6,22-23H,7H2,(H,20,21). The van der Waals surface area contributed by atoms with Crippen LogP contribution in [0.1, 0.15) is 5.56 Å². The van der Waals surface area contributed by atoms with E-state index < -0.39 is 5.91 Å². The number of hydrogen-bond acceptors (Lipinski definition) is 5. The Balaban J connectivity index is 1.92. The Kier molecular flexibility index (Phi) is 6.47. The fraction of sp³-hybridized carbons (Fsp3) is 0.0667. The molecule has 24 heavy (non-hydrogen) atoms. The van der Waals surface area contributed by atoms with Crippen LogP contribution in [-0.2, 0) is 4.79 Å². The summed E-state index contributed by atoms with van der Waals surface area (Å²) in [7, 11) is 0. The van der Waals surface area contributed by atoms with Gasteiger partial charge in [0.15, 0.2) is 6.61 Å². The number of amides is 1. The molecule has 0 saturated carbocycles. The molecular weight excluding hydrogens is 467 g/mol. The number of aromatic hydroxyl groups is 2. The minimum absolute atomic E-state index is 0.121. The van der Waals surface area contributed by atoms with Gasteiger partial charge in [0.2, 0.25) is 0 Å². The van der Waals surface area contributed by atoms with Gasteiger partial charge in [0.05, 0.1) is 10.7 Å². The Labute approximate surface area is 159 Å². The molecule has 2 aromatic carbocycles. The van der Waals surface area contributed by atoms with Crippen LogP contribution in [0.4, 0.5) is 0 Å². The number of nitrogens with one attached hydrogen (secondary N) is 1. The first-order valence-electron chi connectivity index (χ1n) is 6.48. The maximum absolute atomic E-state index is 11.6. The van der Waals surface area contributed by atoms with E-state index in [-0.39, 0.29) is 22.6 Å². The van der Waals surface area contributed by atoms with Gasteiger partial charge in [-0.25, -0.2) is 5.43 Å². The van der Waals surface area contributed by atoms with Crippen molar-refractivity contribution in [2.45, 2.75) is 0 Å². The normalized spacial score (nSPS) is 10.8. The molecule has 0 aliphatic heterocycles. The zero-order chi connectivity index (χ0) is 17.7. The number of nitrogens with zero attached hydrogens (tertiary/aromatic N) is 1. The highest BCUT2D eigenvalue weighted by Crippen LogP contribution is 2.40. The van der Waals surface area contributed by atoms with Gasteiger partial charge in [0.1, 0.15) is 21.7 Å². The maximum Gasteiger partial charge on any atom is 0.277 e. The molecule has 1 amide bonds. The maximum atomic E-state index is 11.6. The summed E-state index contributed by atoms with van der Waals surface area (Å²) in [5.41, 5.74) is 2.57. The summed E-state index contributed by atoms with van der Waals surface area (Å²) in [5, 5.41) is 23.8. The first-order valence-corrected chi connectivity index (χ1v) is 8.45. The van der Waals surface area contributed by atoms with Gasteiger partial charge in [-0.1, -0.05) is 11.6 Å². The van der Waals surface area contributed by atoms with Crippen LogP contribution in [-0.4, -0.2) is 28.9 Å². The average molecular weight is 479 g/mol. The summed E-state index contributed by atoms with van der Waals surface area (Å²) in [6.07, 6.45) is 1.24. The summed E-state index contributed by atoms with van der Waals surface area (Å²) in [4.78, 5) is 11.6. The Hall–Kier alpha value is -1.77. The molecule has 0 bridgehead atoms. The van der Waals surface area contributed by atoms with Crippen molar-refractivity contribution in [3.63, 3.8) is 0 Å². The number of hydrogen-bond donors (Lipinski definition) is 3. The Bertz CT molecular complexity index is 782. The Morgan fingerprint density at radius 1 is 1.25 bits per heavy atom. The van der Waals surface area contributed by atoms with E-state index in [1.807, 2.05) is 0 Å². The average Bonchev–Trinajstić information content (AvgIpc) is 2.57. The van der Waals surface area contributed by atoms with Gasteiger partial charge in [-0.15, -0.1) is 0 Å². The van der Waals surface area contributed by atoms with E-state index >= 15 is 0 Å². The molecule has 0 unspecified atom stereocenters. The number of ether oxygens (including phenoxy) is 1. The highest BCUT2D eigenvalue weighted by molar-refractivity contribution is 9.11. The molecule has 0 heterocycles. The first-order chi connectivity index (χ1) is 11.4. The number of halogens is 3. The third-order valence-electron chi connectivity index (χ3n) is 2.77. The molecule has 0 aliphatic rings. The number of hydrazone groups is 1. The van der Waals surface area contributed by atoms with Gasteiger partial charge >= 0.3 is 0 Å². The Morgan fingerprint density at radius 2 is 1.92 bits per heavy atom. The smallest absolute Gasteiger partial charge is 0.277 e. The molecule has 0 aliphatic carbocycles. The molecule has 9 heteroatoms. The summed E-state index contributed by atoms with van der Waals surface area (Å²) >= 11 is 11.9. The van der Waals surface area contributed by atoms with Gasteiger partial charge in [-0.2, -0.15) is 5.10 Å². The van der Waals surface area contributed by atoms with Crippen molar-refractivity contribution in [1.29, 1.82) is 0 Å². The molecule has 0 fully saturated rings. The fourth-order valence-corrected chi connectivity index (χ4v) is 2.88. The fourth-order valence-electron chi connectivity index (χ4n) is 1.60. The molecule has 2 rings (SSSR count).